The fraction of sp³-hybridized carbons (Fsp3) is 0.533. The van der Waals surface area contributed by atoms with Crippen LogP contribution in [0.1, 0.15) is 24.3 Å². The molecule has 1 saturated carbocycles. The van der Waals surface area contributed by atoms with E-state index in [1.54, 1.807) is 12.1 Å². The molecule has 1 N–H and O–H groups in total. The van der Waals surface area contributed by atoms with E-state index in [9.17, 15) is 9.18 Å². The monoisotopic (exact) mass is 296 g/mol. The largest absolute Gasteiger partial charge is 0.341 e. The summed E-state index contributed by atoms with van der Waals surface area (Å²) >= 11 is 6.07. The summed E-state index contributed by atoms with van der Waals surface area (Å²) in [6.07, 6.45) is 1.68. The topological polar surface area (TPSA) is 32.3 Å². The van der Waals surface area contributed by atoms with E-state index >= 15 is 0 Å². The Hall–Kier alpha value is -1.13. The molecule has 20 heavy (non-hydrogen) atoms. The molecule has 1 aliphatic carbocycles. The van der Waals surface area contributed by atoms with E-state index in [0.29, 0.717) is 17.0 Å². The molecular formula is C15H18ClFN2O. The maximum absolute atomic E-state index is 13.9. The number of nitrogens with zero attached hydrogens (tertiary/aromatic N) is 1. The quantitative estimate of drug-likeness (QED) is 0.929. The fourth-order valence-corrected chi connectivity index (χ4v) is 3.37. The van der Waals surface area contributed by atoms with Crippen molar-refractivity contribution in [2.75, 3.05) is 20.1 Å². The van der Waals surface area contributed by atoms with E-state index in [1.807, 2.05) is 11.9 Å². The molecule has 0 aromatic heterocycles. The van der Waals surface area contributed by atoms with Gasteiger partial charge in [0.25, 0.3) is 0 Å². The van der Waals surface area contributed by atoms with Crippen LogP contribution in [0.3, 0.4) is 0 Å². The van der Waals surface area contributed by atoms with Gasteiger partial charge in [0, 0.05) is 42.1 Å². The maximum Gasteiger partial charge on any atom is 0.226 e. The van der Waals surface area contributed by atoms with Crippen molar-refractivity contribution in [1.29, 1.82) is 0 Å². The van der Waals surface area contributed by atoms with Crippen LogP contribution in [0.4, 0.5) is 4.39 Å². The predicted octanol–water partition coefficient (Wildman–Crippen LogP) is 2.40. The van der Waals surface area contributed by atoms with Crippen molar-refractivity contribution in [3.63, 3.8) is 0 Å². The van der Waals surface area contributed by atoms with Crippen LogP contribution >= 0.6 is 11.6 Å². The Balaban J connectivity index is 1.70. The van der Waals surface area contributed by atoms with Gasteiger partial charge in [-0.1, -0.05) is 17.7 Å². The third-order valence-electron chi connectivity index (χ3n) is 4.41. The highest BCUT2D eigenvalue weighted by molar-refractivity contribution is 6.31. The summed E-state index contributed by atoms with van der Waals surface area (Å²) in [7, 11) is 1.85. The van der Waals surface area contributed by atoms with Crippen molar-refractivity contribution >= 4 is 17.5 Å². The van der Waals surface area contributed by atoms with Crippen molar-refractivity contribution in [1.82, 2.24) is 10.2 Å². The summed E-state index contributed by atoms with van der Waals surface area (Å²) in [5.74, 6) is -0.367. The molecule has 1 saturated heterocycles. The second-order valence-corrected chi connectivity index (χ2v) is 6.09. The zero-order chi connectivity index (χ0) is 14.3. The van der Waals surface area contributed by atoms with Crippen molar-refractivity contribution in [2.45, 2.75) is 24.8 Å². The summed E-state index contributed by atoms with van der Waals surface area (Å²) in [6.45, 7) is 1.80. The second-order valence-electron chi connectivity index (χ2n) is 5.68. The summed E-state index contributed by atoms with van der Waals surface area (Å²) in [4.78, 5) is 14.3. The van der Waals surface area contributed by atoms with E-state index < -0.39 is 0 Å². The highest BCUT2D eigenvalue weighted by Gasteiger charge is 2.48. The molecule has 1 aliphatic heterocycles. The highest BCUT2D eigenvalue weighted by atomic mass is 35.5. The van der Waals surface area contributed by atoms with Gasteiger partial charge in [-0.3, -0.25) is 4.79 Å². The van der Waals surface area contributed by atoms with E-state index in [-0.39, 0.29) is 29.6 Å². The maximum atomic E-state index is 13.9. The molecule has 3 nitrogen and oxygen atoms in total. The predicted molar refractivity (Wildman–Crippen MR) is 76.3 cm³/mol. The molecule has 2 aliphatic rings. The summed E-state index contributed by atoms with van der Waals surface area (Å²) in [5.41, 5.74) is 0.505. The summed E-state index contributed by atoms with van der Waals surface area (Å²) < 4.78 is 13.9. The molecule has 1 amide bonds. The molecule has 5 heteroatoms. The highest BCUT2D eigenvalue weighted by Crippen LogP contribution is 2.51. The van der Waals surface area contributed by atoms with Crippen molar-refractivity contribution < 1.29 is 9.18 Å². The molecule has 3 rings (SSSR count). The van der Waals surface area contributed by atoms with Crippen LogP contribution < -0.4 is 5.32 Å². The zero-order valence-corrected chi connectivity index (χ0v) is 12.2. The number of rotatable bonds is 3. The van der Waals surface area contributed by atoms with Crippen LogP contribution in [0.15, 0.2) is 18.2 Å². The first kappa shape index (κ1) is 13.8. The zero-order valence-electron chi connectivity index (χ0n) is 11.4. The van der Waals surface area contributed by atoms with Gasteiger partial charge in [-0.05, 0) is 31.5 Å². The minimum atomic E-state index is -0.303. The lowest BCUT2D eigenvalue weighted by atomic mass is 10.1. The van der Waals surface area contributed by atoms with E-state index in [0.717, 1.165) is 19.5 Å². The Labute approximate surface area is 123 Å². The smallest absolute Gasteiger partial charge is 0.226 e. The minimum Gasteiger partial charge on any atom is -0.341 e. The first-order valence-electron chi connectivity index (χ1n) is 7.01. The number of nitrogens with one attached hydrogen (secondary N) is 1. The Bertz CT molecular complexity index is 510. The molecule has 3 atom stereocenters. The molecule has 0 radical (unpaired) electrons. The van der Waals surface area contributed by atoms with Gasteiger partial charge in [0.1, 0.15) is 5.82 Å². The number of halogens is 2. The van der Waals surface area contributed by atoms with E-state index in [4.69, 9.17) is 11.6 Å². The first-order chi connectivity index (χ1) is 9.59. The minimum absolute atomic E-state index is 0.0620. The van der Waals surface area contributed by atoms with Crippen LogP contribution in [-0.4, -0.2) is 37.0 Å². The van der Waals surface area contributed by atoms with Gasteiger partial charge >= 0.3 is 0 Å². The summed E-state index contributed by atoms with van der Waals surface area (Å²) in [5, 5.41) is 3.68. The SMILES string of the molecule is CN(C(=O)C1CC1c1c(F)cccc1Cl)C1CCNC1. The van der Waals surface area contributed by atoms with Crippen LogP contribution in [0.5, 0.6) is 0 Å². The third kappa shape index (κ3) is 2.42. The van der Waals surface area contributed by atoms with Gasteiger partial charge in [-0.25, -0.2) is 4.39 Å². The van der Waals surface area contributed by atoms with Crippen molar-refractivity contribution in [3.05, 3.63) is 34.6 Å². The number of carbonyl (C=O) groups is 1. The Morgan fingerprint density at radius 1 is 1.50 bits per heavy atom. The van der Waals surface area contributed by atoms with Crippen LogP contribution in [0, 0.1) is 11.7 Å². The molecule has 108 valence electrons. The number of benzene rings is 1. The lowest BCUT2D eigenvalue weighted by Gasteiger charge is -2.24. The number of amides is 1. The van der Waals surface area contributed by atoms with Crippen LogP contribution in [0.25, 0.3) is 0 Å². The molecule has 2 fully saturated rings. The standard InChI is InChI=1S/C15H18ClFN2O/c1-19(9-5-6-18-8-9)15(20)11-7-10(11)14-12(16)3-2-4-13(14)17/h2-4,9-11,18H,5-8H2,1H3. The van der Waals surface area contributed by atoms with Gasteiger partial charge in [-0.15, -0.1) is 0 Å². The number of hydrogen-bond donors (Lipinski definition) is 1. The average molecular weight is 297 g/mol. The van der Waals surface area contributed by atoms with Crippen LogP contribution in [-0.2, 0) is 4.79 Å². The Kier molecular flexibility index (Phi) is 3.69. The normalized spacial score (nSPS) is 28.4. The lowest BCUT2D eigenvalue weighted by Crippen LogP contribution is -2.39. The van der Waals surface area contributed by atoms with E-state index in [1.165, 1.54) is 6.07 Å². The van der Waals surface area contributed by atoms with Crippen molar-refractivity contribution in [3.8, 4) is 0 Å². The molecule has 3 unspecified atom stereocenters. The Morgan fingerprint density at radius 3 is 2.95 bits per heavy atom. The molecular weight excluding hydrogens is 279 g/mol. The van der Waals surface area contributed by atoms with Gasteiger partial charge in [0.05, 0.1) is 0 Å². The third-order valence-corrected chi connectivity index (χ3v) is 4.74. The van der Waals surface area contributed by atoms with Gasteiger partial charge < -0.3 is 10.2 Å². The lowest BCUT2D eigenvalue weighted by molar-refractivity contribution is -0.133. The van der Waals surface area contributed by atoms with Gasteiger partial charge in [-0.2, -0.15) is 0 Å². The first-order valence-corrected chi connectivity index (χ1v) is 7.38. The van der Waals surface area contributed by atoms with Crippen molar-refractivity contribution in [2.24, 2.45) is 5.92 Å². The molecule has 1 heterocycles. The van der Waals surface area contributed by atoms with Gasteiger partial charge in [0.15, 0.2) is 0 Å². The Morgan fingerprint density at radius 2 is 2.30 bits per heavy atom. The average Bonchev–Trinajstić information content (AvgIpc) is 3.00. The number of likely N-dealkylation sites (N-methyl/N-ethyl adjacent to an activating group) is 1. The number of carbonyl (C=O) groups excluding carboxylic acids is 1. The molecule has 0 bridgehead atoms. The van der Waals surface area contributed by atoms with E-state index in [2.05, 4.69) is 5.32 Å². The second kappa shape index (κ2) is 5.34. The summed E-state index contributed by atoms with van der Waals surface area (Å²) in [6, 6.07) is 4.95. The molecule has 1 aromatic carbocycles. The van der Waals surface area contributed by atoms with Gasteiger partial charge in [0.2, 0.25) is 5.91 Å². The van der Waals surface area contributed by atoms with Crippen LogP contribution in [0.2, 0.25) is 5.02 Å². The fourth-order valence-electron chi connectivity index (χ4n) is 3.06. The molecule has 0 spiro atoms. The molecule has 1 aromatic rings. The number of hydrogen-bond acceptors (Lipinski definition) is 2.